The molecule has 132 valence electrons. The van der Waals surface area contributed by atoms with Crippen molar-refractivity contribution in [3.05, 3.63) is 0 Å². The number of rotatable bonds is 6. The monoisotopic (exact) mass is 383 g/mol. The summed E-state index contributed by atoms with van der Waals surface area (Å²) in [4.78, 5) is 21.2. The lowest BCUT2D eigenvalue weighted by molar-refractivity contribution is -0.137. The Morgan fingerprint density at radius 2 is 1.73 bits per heavy atom. The first-order valence-electron chi connectivity index (χ1n) is 7.39. The zero-order valence-corrected chi connectivity index (χ0v) is 16.0. The predicted octanol–water partition coefficient (Wildman–Crippen LogP) is 4.29. The third-order valence-corrected chi connectivity index (χ3v) is 2.90. The maximum Gasteiger partial charge on any atom is 0.434 e. The molecule has 0 aliphatic rings. The highest BCUT2D eigenvalue weighted by Gasteiger charge is 2.24. The molecule has 0 spiro atoms. The van der Waals surface area contributed by atoms with Crippen LogP contribution in [0.4, 0.5) is 4.79 Å². The van der Waals surface area contributed by atoms with Crippen LogP contribution < -0.4 is 0 Å². The molecule has 0 aromatic rings. The van der Waals surface area contributed by atoms with Crippen molar-refractivity contribution in [3.63, 3.8) is 0 Å². The second-order valence-corrected chi connectivity index (χ2v) is 7.28. The number of alkyl halides is 1. The SMILES string of the molecule is CC(C)CC(C)N(O)C(=O)OC(C)(C)C.O=C(O)CCCBr. The Kier molecular flexibility index (Phi) is 12.5. The molecule has 0 radical (unpaired) electrons. The number of hydrogen-bond acceptors (Lipinski definition) is 4. The number of nitrogens with zero attached hydrogens (tertiary/aromatic N) is 1. The summed E-state index contributed by atoms with van der Waals surface area (Å²) in [5, 5.41) is 19.0. The van der Waals surface area contributed by atoms with E-state index in [1.807, 2.05) is 13.8 Å². The molecule has 0 saturated heterocycles. The number of ether oxygens (including phenoxy) is 1. The molecule has 0 rings (SSSR count). The summed E-state index contributed by atoms with van der Waals surface area (Å²) >= 11 is 3.11. The molecule has 0 aliphatic carbocycles. The van der Waals surface area contributed by atoms with E-state index in [1.54, 1.807) is 27.7 Å². The van der Waals surface area contributed by atoms with Gasteiger partial charge in [-0.05, 0) is 46.5 Å². The second kappa shape index (κ2) is 11.7. The van der Waals surface area contributed by atoms with E-state index in [0.717, 1.165) is 18.2 Å². The fraction of sp³-hybridized carbons (Fsp3) is 0.867. The van der Waals surface area contributed by atoms with Crippen LogP contribution in [0.5, 0.6) is 0 Å². The molecule has 6 nitrogen and oxygen atoms in total. The number of carbonyl (C=O) groups is 2. The van der Waals surface area contributed by atoms with Crippen molar-refractivity contribution >= 4 is 28.0 Å². The second-order valence-electron chi connectivity index (χ2n) is 6.49. The van der Waals surface area contributed by atoms with E-state index in [-0.39, 0.29) is 12.5 Å². The number of carboxylic acids is 1. The number of carbonyl (C=O) groups excluding carboxylic acids is 1. The van der Waals surface area contributed by atoms with Crippen LogP contribution in [0.2, 0.25) is 0 Å². The van der Waals surface area contributed by atoms with Crippen LogP contribution in [0, 0.1) is 5.92 Å². The number of carboxylic acid groups (broad SMARTS) is 1. The van der Waals surface area contributed by atoms with Crippen LogP contribution in [0.15, 0.2) is 0 Å². The molecular weight excluding hydrogens is 354 g/mol. The molecule has 1 atom stereocenters. The van der Waals surface area contributed by atoms with Crippen molar-refractivity contribution in [3.8, 4) is 0 Å². The van der Waals surface area contributed by atoms with Gasteiger partial charge in [0, 0.05) is 11.8 Å². The minimum Gasteiger partial charge on any atom is -0.481 e. The summed E-state index contributed by atoms with van der Waals surface area (Å²) in [6.45, 7) is 11.2. The first-order valence-corrected chi connectivity index (χ1v) is 8.51. The van der Waals surface area contributed by atoms with Crippen LogP contribution in [0.1, 0.15) is 60.8 Å². The van der Waals surface area contributed by atoms with E-state index in [1.165, 1.54) is 0 Å². The largest absolute Gasteiger partial charge is 0.481 e. The Labute approximate surface area is 141 Å². The maximum absolute atomic E-state index is 11.4. The van der Waals surface area contributed by atoms with Gasteiger partial charge in [-0.25, -0.2) is 4.79 Å². The summed E-state index contributed by atoms with van der Waals surface area (Å²) in [5.41, 5.74) is -0.574. The molecule has 0 aromatic heterocycles. The minimum atomic E-state index is -0.723. The molecule has 0 fully saturated rings. The lowest BCUT2D eigenvalue weighted by Gasteiger charge is -2.27. The van der Waals surface area contributed by atoms with Crippen LogP contribution in [0.3, 0.4) is 0 Å². The van der Waals surface area contributed by atoms with Gasteiger partial charge in [-0.15, -0.1) is 0 Å². The van der Waals surface area contributed by atoms with Crippen molar-refractivity contribution in [1.29, 1.82) is 0 Å². The lowest BCUT2D eigenvalue weighted by Crippen LogP contribution is -2.40. The van der Waals surface area contributed by atoms with Gasteiger partial charge in [0.1, 0.15) is 5.60 Å². The number of halogens is 1. The van der Waals surface area contributed by atoms with Crippen LogP contribution >= 0.6 is 15.9 Å². The first-order chi connectivity index (χ1) is 9.90. The number of amides is 1. The normalized spacial score (nSPS) is 12.2. The predicted molar refractivity (Wildman–Crippen MR) is 89.4 cm³/mol. The Balaban J connectivity index is 0. The van der Waals surface area contributed by atoms with Gasteiger partial charge < -0.3 is 9.84 Å². The molecule has 0 bridgehead atoms. The van der Waals surface area contributed by atoms with Crippen LogP contribution in [-0.2, 0) is 9.53 Å². The summed E-state index contributed by atoms with van der Waals surface area (Å²) < 4.78 is 5.04. The van der Waals surface area contributed by atoms with E-state index in [0.29, 0.717) is 11.0 Å². The van der Waals surface area contributed by atoms with Gasteiger partial charge in [-0.1, -0.05) is 29.8 Å². The van der Waals surface area contributed by atoms with Crippen LogP contribution in [0.25, 0.3) is 0 Å². The van der Waals surface area contributed by atoms with E-state index >= 15 is 0 Å². The third-order valence-electron chi connectivity index (χ3n) is 2.33. The van der Waals surface area contributed by atoms with Crippen molar-refractivity contribution < 1.29 is 24.6 Å². The molecule has 0 saturated carbocycles. The van der Waals surface area contributed by atoms with Gasteiger partial charge in [-0.3, -0.25) is 10.0 Å². The van der Waals surface area contributed by atoms with E-state index in [2.05, 4.69) is 15.9 Å². The molecule has 2 N–H and O–H groups in total. The highest BCUT2D eigenvalue weighted by Crippen LogP contribution is 2.14. The molecular formula is C15H30BrNO5. The number of aliphatic carboxylic acids is 1. The molecule has 7 heteroatoms. The van der Waals surface area contributed by atoms with Crippen molar-refractivity contribution in [1.82, 2.24) is 5.06 Å². The fourth-order valence-electron chi connectivity index (χ4n) is 1.49. The van der Waals surface area contributed by atoms with Gasteiger partial charge in [0.15, 0.2) is 0 Å². The molecule has 1 amide bonds. The average Bonchev–Trinajstić information content (AvgIpc) is 2.33. The lowest BCUT2D eigenvalue weighted by atomic mass is 10.1. The van der Waals surface area contributed by atoms with Crippen molar-refractivity contribution in [2.45, 2.75) is 72.4 Å². The Morgan fingerprint density at radius 3 is 2.00 bits per heavy atom. The zero-order chi connectivity index (χ0) is 17.9. The summed E-state index contributed by atoms with van der Waals surface area (Å²) in [7, 11) is 0. The Morgan fingerprint density at radius 1 is 1.23 bits per heavy atom. The minimum absolute atomic E-state index is 0.222. The van der Waals surface area contributed by atoms with Gasteiger partial charge in [0.2, 0.25) is 0 Å². The molecule has 1 unspecified atom stereocenters. The summed E-state index contributed by atoms with van der Waals surface area (Å²) in [6.07, 6.45) is 1.05. The standard InChI is InChI=1S/C11H23NO3.C4H7BrO2/c1-8(2)7-9(3)12(14)10(13)15-11(4,5)6;5-3-1-2-4(6)7/h8-9,14H,7H2,1-6H3;1-3H2,(H,6,7). The zero-order valence-electron chi connectivity index (χ0n) is 14.4. The average molecular weight is 384 g/mol. The van der Waals surface area contributed by atoms with E-state index in [9.17, 15) is 14.8 Å². The Bertz CT molecular complexity index is 328. The third kappa shape index (κ3) is 15.6. The topological polar surface area (TPSA) is 87.1 Å². The fourth-order valence-corrected chi connectivity index (χ4v) is 1.77. The highest BCUT2D eigenvalue weighted by atomic mass is 79.9. The van der Waals surface area contributed by atoms with Crippen molar-refractivity contribution in [2.75, 3.05) is 5.33 Å². The molecule has 0 aromatic carbocycles. The quantitative estimate of drug-likeness (QED) is 0.405. The Hall–Kier alpha value is -0.820. The molecule has 0 aliphatic heterocycles. The number of hydroxylamine groups is 2. The van der Waals surface area contributed by atoms with Gasteiger partial charge >= 0.3 is 12.1 Å². The highest BCUT2D eigenvalue weighted by molar-refractivity contribution is 9.09. The molecule has 0 heterocycles. The summed E-state index contributed by atoms with van der Waals surface area (Å²) in [5.74, 6) is -0.295. The molecule has 22 heavy (non-hydrogen) atoms. The van der Waals surface area contributed by atoms with Gasteiger partial charge in [-0.2, -0.15) is 5.06 Å². The van der Waals surface area contributed by atoms with Crippen LogP contribution in [-0.4, -0.2) is 44.4 Å². The first kappa shape index (κ1) is 23.4. The maximum atomic E-state index is 11.4. The number of hydrogen-bond donors (Lipinski definition) is 2. The smallest absolute Gasteiger partial charge is 0.434 e. The summed E-state index contributed by atoms with van der Waals surface area (Å²) in [6, 6.07) is -0.222. The van der Waals surface area contributed by atoms with Gasteiger partial charge in [0.05, 0.1) is 6.04 Å². The van der Waals surface area contributed by atoms with Gasteiger partial charge in [0.25, 0.3) is 0 Å². The van der Waals surface area contributed by atoms with Crippen molar-refractivity contribution in [2.24, 2.45) is 5.92 Å². The van der Waals surface area contributed by atoms with E-state index < -0.39 is 17.7 Å². The van der Waals surface area contributed by atoms with E-state index in [4.69, 9.17) is 9.84 Å².